The minimum atomic E-state index is -0.758. The summed E-state index contributed by atoms with van der Waals surface area (Å²) in [4.78, 5) is 12.1. The van der Waals surface area contributed by atoms with Crippen LogP contribution in [0.2, 0.25) is 0 Å². The maximum absolute atomic E-state index is 12.1. The van der Waals surface area contributed by atoms with Gasteiger partial charge in [0.1, 0.15) is 5.92 Å². The normalized spacial score (nSPS) is 23.6. The van der Waals surface area contributed by atoms with Gasteiger partial charge in [0.15, 0.2) is 0 Å². The molecule has 1 N–H and O–H groups in total. The number of nitrogens with one attached hydrogen (secondary N) is 1. The third kappa shape index (κ3) is 3.33. The number of benzene rings is 1. The summed E-state index contributed by atoms with van der Waals surface area (Å²) in [6, 6.07) is 11.2. The molecular weight excluding hydrogens is 240 g/mol. The largest absolute Gasteiger partial charge is 0.373 e. The molecule has 0 aromatic heterocycles. The van der Waals surface area contributed by atoms with Crippen LogP contribution in [-0.4, -0.2) is 24.7 Å². The number of hydrogen-bond donors (Lipinski definition) is 1. The van der Waals surface area contributed by atoms with Gasteiger partial charge in [-0.2, -0.15) is 5.26 Å². The van der Waals surface area contributed by atoms with E-state index in [1.165, 1.54) is 0 Å². The van der Waals surface area contributed by atoms with Crippen LogP contribution in [-0.2, 0) is 9.53 Å². The predicted molar refractivity (Wildman–Crippen MR) is 71.4 cm³/mol. The van der Waals surface area contributed by atoms with Crippen LogP contribution in [0.15, 0.2) is 30.3 Å². The Morgan fingerprint density at radius 3 is 2.84 bits per heavy atom. The molecule has 0 aliphatic carbocycles. The van der Waals surface area contributed by atoms with Crippen LogP contribution in [0.25, 0.3) is 0 Å². The SMILES string of the molecule is CC1(CNC(=O)C(C#N)c2ccccc2)CCCO1. The standard InChI is InChI=1S/C15H18N2O2/c1-15(8-5-9-19-15)11-17-14(18)13(10-16)12-6-3-2-4-7-12/h2-4,6-7,13H,5,8-9,11H2,1H3,(H,17,18). The summed E-state index contributed by atoms with van der Waals surface area (Å²) in [5, 5.41) is 12.0. The topological polar surface area (TPSA) is 62.1 Å². The molecule has 4 heteroatoms. The summed E-state index contributed by atoms with van der Waals surface area (Å²) in [5.41, 5.74) is 0.437. The van der Waals surface area contributed by atoms with Gasteiger partial charge in [0.05, 0.1) is 11.7 Å². The molecule has 1 aliphatic heterocycles. The van der Waals surface area contributed by atoms with Crippen LogP contribution in [0.4, 0.5) is 0 Å². The fraction of sp³-hybridized carbons (Fsp3) is 0.467. The minimum absolute atomic E-state index is 0.259. The van der Waals surface area contributed by atoms with Crippen LogP contribution in [0.1, 0.15) is 31.2 Å². The average molecular weight is 258 g/mol. The quantitative estimate of drug-likeness (QED) is 0.898. The van der Waals surface area contributed by atoms with Crippen LogP contribution in [0, 0.1) is 11.3 Å². The molecule has 0 saturated carbocycles. The number of amides is 1. The third-order valence-electron chi connectivity index (χ3n) is 3.46. The lowest BCUT2D eigenvalue weighted by Gasteiger charge is -2.24. The first-order valence-electron chi connectivity index (χ1n) is 6.51. The highest BCUT2D eigenvalue weighted by Gasteiger charge is 2.31. The second-order valence-electron chi connectivity index (χ2n) is 5.09. The van der Waals surface area contributed by atoms with Crippen molar-refractivity contribution in [2.24, 2.45) is 0 Å². The van der Waals surface area contributed by atoms with Crippen LogP contribution < -0.4 is 5.32 Å². The van der Waals surface area contributed by atoms with E-state index in [2.05, 4.69) is 11.4 Å². The zero-order valence-electron chi connectivity index (χ0n) is 11.1. The molecule has 0 bridgehead atoms. The van der Waals surface area contributed by atoms with Gasteiger partial charge in [-0.15, -0.1) is 0 Å². The molecule has 0 radical (unpaired) electrons. The van der Waals surface area contributed by atoms with Gasteiger partial charge < -0.3 is 10.1 Å². The molecule has 100 valence electrons. The average Bonchev–Trinajstić information content (AvgIpc) is 2.86. The Morgan fingerprint density at radius 2 is 2.26 bits per heavy atom. The van der Waals surface area contributed by atoms with Gasteiger partial charge in [0, 0.05) is 13.2 Å². The van der Waals surface area contributed by atoms with Crippen molar-refractivity contribution in [1.29, 1.82) is 5.26 Å². The molecule has 1 amide bonds. The van der Waals surface area contributed by atoms with Crippen molar-refractivity contribution in [3.63, 3.8) is 0 Å². The van der Waals surface area contributed by atoms with Crippen molar-refractivity contribution >= 4 is 5.91 Å². The second kappa shape index (κ2) is 5.85. The minimum Gasteiger partial charge on any atom is -0.373 e. The molecule has 19 heavy (non-hydrogen) atoms. The van der Waals surface area contributed by atoms with Crippen molar-refractivity contribution in [1.82, 2.24) is 5.32 Å². The fourth-order valence-corrected chi connectivity index (χ4v) is 2.28. The Kier molecular flexibility index (Phi) is 4.18. The Hall–Kier alpha value is -1.86. The van der Waals surface area contributed by atoms with Crippen molar-refractivity contribution in [2.45, 2.75) is 31.3 Å². The van der Waals surface area contributed by atoms with E-state index in [0.717, 1.165) is 25.0 Å². The molecule has 2 rings (SSSR count). The molecule has 1 saturated heterocycles. The molecule has 1 aliphatic rings. The van der Waals surface area contributed by atoms with Crippen molar-refractivity contribution in [2.75, 3.05) is 13.2 Å². The van der Waals surface area contributed by atoms with Gasteiger partial charge in [0.2, 0.25) is 5.91 Å². The molecule has 1 heterocycles. The van der Waals surface area contributed by atoms with E-state index in [-0.39, 0.29) is 11.5 Å². The summed E-state index contributed by atoms with van der Waals surface area (Å²) < 4.78 is 5.61. The van der Waals surface area contributed by atoms with E-state index in [9.17, 15) is 4.79 Å². The lowest BCUT2D eigenvalue weighted by Crippen LogP contribution is -2.41. The molecule has 2 unspecified atom stereocenters. The Morgan fingerprint density at radius 1 is 1.53 bits per heavy atom. The highest BCUT2D eigenvalue weighted by molar-refractivity contribution is 5.86. The first kappa shape index (κ1) is 13.6. The van der Waals surface area contributed by atoms with Crippen LogP contribution >= 0.6 is 0 Å². The zero-order valence-corrected chi connectivity index (χ0v) is 11.1. The van der Waals surface area contributed by atoms with Gasteiger partial charge in [0.25, 0.3) is 0 Å². The first-order chi connectivity index (χ1) is 9.14. The molecular formula is C15H18N2O2. The maximum atomic E-state index is 12.1. The lowest BCUT2D eigenvalue weighted by molar-refractivity contribution is -0.122. The fourth-order valence-electron chi connectivity index (χ4n) is 2.28. The zero-order chi connectivity index (χ0) is 13.7. The van der Waals surface area contributed by atoms with Gasteiger partial charge in [-0.05, 0) is 25.3 Å². The highest BCUT2D eigenvalue weighted by atomic mass is 16.5. The van der Waals surface area contributed by atoms with Crippen LogP contribution in [0.3, 0.4) is 0 Å². The number of nitrogens with zero attached hydrogens (tertiary/aromatic N) is 1. The van der Waals surface area contributed by atoms with Gasteiger partial charge in [-0.25, -0.2) is 0 Å². The smallest absolute Gasteiger partial charge is 0.241 e. The lowest BCUT2D eigenvalue weighted by atomic mass is 9.98. The number of ether oxygens (including phenoxy) is 1. The first-order valence-corrected chi connectivity index (χ1v) is 6.51. The van der Waals surface area contributed by atoms with Crippen molar-refractivity contribution in [3.05, 3.63) is 35.9 Å². The second-order valence-corrected chi connectivity index (χ2v) is 5.09. The van der Waals surface area contributed by atoms with E-state index in [0.29, 0.717) is 6.54 Å². The number of carbonyl (C=O) groups excluding carboxylic acids is 1. The monoisotopic (exact) mass is 258 g/mol. The molecule has 1 aromatic carbocycles. The van der Waals surface area contributed by atoms with E-state index in [4.69, 9.17) is 10.00 Å². The van der Waals surface area contributed by atoms with Crippen molar-refractivity contribution < 1.29 is 9.53 Å². The summed E-state index contributed by atoms with van der Waals surface area (Å²) in [6.07, 6.45) is 1.96. The number of nitriles is 1. The van der Waals surface area contributed by atoms with Gasteiger partial charge >= 0.3 is 0 Å². The predicted octanol–water partition coefficient (Wildman–Crippen LogP) is 1.98. The van der Waals surface area contributed by atoms with E-state index < -0.39 is 5.92 Å². The molecule has 0 spiro atoms. The number of carbonyl (C=O) groups is 1. The summed E-state index contributed by atoms with van der Waals surface area (Å²) in [5.74, 6) is -1.02. The Balaban J connectivity index is 1.97. The Bertz CT molecular complexity index is 473. The van der Waals surface area contributed by atoms with Gasteiger partial charge in [-0.1, -0.05) is 30.3 Å². The molecule has 1 aromatic rings. The third-order valence-corrected chi connectivity index (χ3v) is 3.46. The molecule has 2 atom stereocenters. The van der Waals surface area contributed by atoms with Gasteiger partial charge in [-0.3, -0.25) is 4.79 Å². The van der Waals surface area contributed by atoms with E-state index in [1.54, 1.807) is 12.1 Å². The molecule has 4 nitrogen and oxygen atoms in total. The van der Waals surface area contributed by atoms with Crippen LogP contribution in [0.5, 0.6) is 0 Å². The summed E-state index contributed by atoms with van der Waals surface area (Å²) in [6.45, 7) is 3.19. The van der Waals surface area contributed by atoms with E-state index >= 15 is 0 Å². The number of hydrogen-bond acceptors (Lipinski definition) is 3. The molecule has 1 fully saturated rings. The Labute approximate surface area is 113 Å². The maximum Gasteiger partial charge on any atom is 0.241 e. The number of rotatable bonds is 4. The highest BCUT2D eigenvalue weighted by Crippen LogP contribution is 2.24. The summed E-state index contributed by atoms with van der Waals surface area (Å²) >= 11 is 0. The van der Waals surface area contributed by atoms with E-state index in [1.807, 2.05) is 25.1 Å². The van der Waals surface area contributed by atoms with Crippen molar-refractivity contribution in [3.8, 4) is 6.07 Å². The summed E-state index contributed by atoms with van der Waals surface area (Å²) in [7, 11) is 0.